The lowest BCUT2D eigenvalue weighted by Gasteiger charge is -2.19. The molecule has 2 heteroatoms. The summed E-state index contributed by atoms with van der Waals surface area (Å²) in [5.41, 5.74) is 5.37. The normalized spacial score (nSPS) is 16.1. The fourth-order valence-electron chi connectivity index (χ4n) is 3.13. The van der Waals surface area contributed by atoms with Crippen LogP contribution in [0.25, 0.3) is 11.0 Å². The highest BCUT2D eigenvalue weighted by molar-refractivity contribution is 5.89. The maximum Gasteiger partial charge on any atom is 0.138 e. The molecule has 1 aliphatic carbocycles. The Hall–Kier alpha value is -1.28. The van der Waals surface area contributed by atoms with Crippen molar-refractivity contribution in [1.29, 1.82) is 0 Å². The maximum atomic E-state index is 6.32. The molecule has 1 aliphatic rings. The van der Waals surface area contributed by atoms with Gasteiger partial charge in [0, 0.05) is 16.5 Å². The predicted molar refractivity (Wildman–Crippen MR) is 84.4 cm³/mol. The first kappa shape index (κ1) is 13.7. The number of benzene rings is 1. The highest BCUT2D eigenvalue weighted by atomic mass is 16.3. The minimum absolute atomic E-state index is 0.113. The van der Waals surface area contributed by atoms with E-state index in [0.29, 0.717) is 5.92 Å². The molecule has 1 aromatic heterocycles. The zero-order valence-corrected chi connectivity index (χ0v) is 13.3. The highest BCUT2D eigenvalue weighted by Gasteiger charge is 2.33. The van der Waals surface area contributed by atoms with Crippen molar-refractivity contribution in [2.75, 3.05) is 7.05 Å². The maximum absolute atomic E-state index is 6.32. The Morgan fingerprint density at radius 2 is 1.95 bits per heavy atom. The molecule has 1 aromatic carbocycles. The molecule has 0 spiro atoms. The summed E-state index contributed by atoms with van der Waals surface area (Å²) in [6.45, 7) is 9.80. The van der Waals surface area contributed by atoms with Gasteiger partial charge in [-0.1, -0.05) is 32.9 Å². The number of nitrogens with one attached hydrogen (secondary N) is 1. The minimum Gasteiger partial charge on any atom is -0.459 e. The van der Waals surface area contributed by atoms with Crippen LogP contribution in [0.2, 0.25) is 0 Å². The minimum atomic E-state index is 0.113. The van der Waals surface area contributed by atoms with Gasteiger partial charge in [0.15, 0.2) is 0 Å². The van der Waals surface area contributed by atoms with Crippen LogP contribution in [-0.4, -0.2) is 7.05 Å². The summed E-state index contributed by atoms with van der Waals surface area (Å²) in [7, 11) is 1.99. The molecule has 0 aliphatic heterocycles. The molecule has 0 radical (unpaired) electrons. The SMILES string of the molecule is CNCc1oc2c(C(C)(C)C)ccc(C)c2c1C1CC1. The smallest absolute Gasteiger partial charge is 0.138 e. The van der Waals surface area contributed by atoms with Crippen LogP contribution in [0.4, 0.5) is 0 Å². The molecule has 1 fully saturated rings. The molecule has 1 N–H and O–H groups in total. The van der Waals surface area contributed by atoms with Crippen LogP contribution in [0.15, 0.2) is 16.5 Å². The van der Waals surface area contributed by atoms with Crippen LogP contribution >= 0.6 is 0 Å². The third kappa shape index (κ3) is 2.16. The molecule has 0 saturated heterocycles. The summed E-state index contributed by atoms with van der Waals surface area (Å²) in [4.78, 5) is 0. The van der Waals surface area contributed by atoms with Gasteiger partial charge >= 0.3 is 0 Å². The van der Waals surface area contributed by atoms with E-state index in [4.69, 9.17) is 4.42 Å². The first-order valence-corrected chi connectivity index (χ1v) is 7.63. The molecule has 3 rings (SSSR count). The van der Waals surface area contributed by atoms with Crippen molar-refractivity contribution in [3.05, 3.63) is 34.6 Å². The van der Waals surface area contributed by atoms with Gasteiger partial charge in [0.2, 0.25) is 0 Å². The summed E-state index contributed by atoms with van der Waals surface area (Å²) in [5, 5.41) is 4.63. The van der Waals surface area contributed by atoms with E-state index in [0.717, 1.165) is 17.9 Å². The van der Waals surface area contributed by atoms with E-state index in [1.165, 1.54) is 34.9 Å². The molecule has 2 aromatic rings. The van der Waals surface area contributed by atoms with Gasteiger partial charge in [0.25, 0.3) is 0 Å². The van der Waals surface area contributed by atoms with Crippen molar-refractivity contribution in [2.24, 2.45) is 0 Å². The molecule has 1 saturated carbocycles. The van der Waals surface area contributed by atoms with E-state index in [1.54, 1.807) is 0 Å². The molecule has 0 atom stereocenters. The molecular weight excluding hydrogens is 246 g/mol. The van der Waals surface area contributed by atoms with Crippen LogP contribution in [-0.2, 0) is 12.0 Å². The van der Waals surface area contributed by atoms with E-state index >= 15 is 0 Å². The van der Waals surface area contributed by atoms with Gasteiger partial charge < -0.3 is 9.73 Å². The van der Waals surface area contributed by atoms with Crippen LogP contribution in [0, 0.1) is 6.92 Å². The van der Waals surface area contributed by atoms with Crippen molar-refractivity contribution in [1.82, 2.24) is 5.32 Å². The summed E-state index contributed by atoms with van der Waals surface area (Å²) in [5.74, 6) is 1.86. The number of hydrogen-bond acceptors (Lipinski definition) is 2. The van der Waals surface area contributed by atoms with Crippen molar-refractivity contribution in [3.63, 3.8) is 0 Å². The molecular formula is C18H25NO. The quantitative estimate of drug-likeness (QED) is 0.880. The molecule has 1 heterocycles. The van der Waals surface area contributed by atoms with Gasteiger partial charge in [-0.3, -0.25) is 0 Å². The number of fused-ring (bicyclic) bond motifs is 1. The molecule has 0 amide bonds. The third-order valence-corrected chi connectivity index (χ3v) is 4.29. The van der Waals surface area contributed by atoms with Crippen LogP contribution in [0.1, 0.15) is 62.0 Å². The Morgan fingerprint density at radius 3 is 2.50 bits per heavy atom. The Morgan fingerprint density at radius 1 is 1.25 bits per heavy atom. The van der Waals surface area contributed by atoms with Crippen molar-refractivity contribution >= 4 is 11.0 Å². The molecule has 0 bridgehead atoms. The Balaban J connectivity index is 2.31. The molecule has 108 valence electrons. The second-order valence-corrected chi connectivity index (χ2v) is 7.13. The fraction of sp³-hybridized carbons (Fsp3) is 0.556. The molecule has 20 heavy (non-hydrogen) atoms. The highest BCUT2D eigenvalue weighted by Crippen LogP contribution is 2.48. The van der Waals surface area contributed by atoms with E-state index in [1.807, 2.05) is 7.05 Å². The average molecular weight is 271 g/mol. The summed E-state index contributed by atoms with van der Waals surface area (Å²) >= 11 is 0. The second-order valence-electron chi connectivity index (χ2n) is 7.13. The van der Waals surface area contributed by atoms with Crippen molar-refractivity contribution in [3.8, 4) is 0 Å². The first-order chi connectivity index (χ1) is 9.43. The standard InChI is InChI=1S/C18H25NO/c1-11-6-9-13(18(2,3)4)17-15(11)16(12-7-8-12)14(20-17)10-19-5/h6,9,12,19H,7-8,10H2,1-5H3. The van der Waals surface area contributed by atoms with Gasteiger partial charge in [0.05, 0.1) is 6.54 Å². The third-order valence-electron chi connectivity index (χ3n) is 4.29. The molecule has 0 unspecified atom stereocenters. The zero-order valence-electron chi connectivity index (χ0n) is 13.3. The lowest BCUT2D eigenvalue weighted by Crippen LogP contribution is -2.11. The Kier molecular flexibility index (Phi) is 3.17. The summed E-state index contributed by atoms with van der Waals surface area (Å²) in [6, 6.07) is 4.49. The van der Waals surface area contributed by atoms with Crippen molar-refractivity contribution in [2.45, 2.75) is 58.4 Å². The Bertz CT molecular complexity index is 641. The van der Waals surface area contributed by atoms with Gasteiger partial charge in [-0.2, -0.15) is 0 Å². The zero-order chi connectivity index (χ0) is 14.5. The fourth-order valence-corrected chi connectivity index (χ4v) is 3.13. The average Bonchev–Trinajstić information content (AvgIpc) is 3.11. The number of aryl methyl sites for hydroxylation is 1. The van der Waals surface area contributed by atoms with E-state index in [2.05, 4.69) is 45.1 Å². The second kappa shape index (κ2) is 4.63. The predicted octanol–water partition coefficient (Wildman–Crippen LogP) is 4.64. The lowest BCUT2D eigenvalue weighted by atomic mass is 9.84. The number of furan rings is 1. The topological polar surface area (TPSA) is 25.2 Å². The summed E-state index contributed by atoms with van der Waals surface area (Å²) < 4.78 is 6.32. The van der Waals surface area contributed by atoms with Crippen LogP contribution in [0.3, 0.4) is 0 Å². The van der Waals surface area contributed by atoms with Crippen molar-refractivity contribution < 1.29 is 4.42 Å². The van der Waals surface area contributed by atoms with Gasteiger partial charge in [-0.25, -0.2) is 0 Å². The van der Waals surface area contributed by atoms with Gasteiger partial charge in [-0.15, -0.1) is 0 Å². The molecule has 2 nitrogen and oxygen atoms in total. The van der Waals surface area contributed by atoms with Crippen LogP contribution in [0.5, 0.6) is 0 Å². The number of rotatable bonds is 3. The number of hydrogen-bond donors (Lipinski definition) is 1. The summed E-state index contributed by atoms with van der Waals surface area (Å²) in [6.07, 6.45) is 2.62. The van der Waals surface area contributed by atoms with E-state index in [9.17, 15) is 0 Å². The van der Waals surface area contributed by atoms with Crippen LogP contribution < -0.4 is 5.32 Å². The van der Waals surface area contributed by atoms with E-state index in [-0.39, 0.29) is 5.41 Å². The van der Waals surface area contributed by atoms with Gasteiger partial charge in [-0.05, 0) is 43.7 Å². The largest absolute Gasteiger partial charge is 0.459 e. The van der Waals surface area contributed by atoms with E-state index < -0.39 is 0 Å². The lowest BCUT2D eigenvalue weighted by molar-refractivity contribution is 0.508. The Labute approximate surface area is 121 Å². The van der Waals surface area contributed by atoms with Gasteiger partial charge in [0.1, 0.15) is 11.3 Å². The monoisotopic (exact) mass is 271 g/mol. The first-order valence-electron chi connectivity index (χ1n) is 7.63.